The van der Waals surface area contributed by atoms with Gasteiger partial charge in [0.15, 0.2) is 11.3 Å². The van der Waals surface area contributed by atoms with Gasteiger partial charge in [-0.1, -0.05) is 6.92 Å². The topological polar surface area (TPSA) is 110 Å². The first-order valence-corrected chi connectivity index (χ1v) is 8.84. The van der Waals surface area contributed by atoms with Gasteiger partial charge in [0.2, 0.25) is 0 Å². The number of fused-ring (bicyclic) bond motifs is 3. The first-order chi connectivity index (χ1) is 12.7. The van der Waals surface area contributed by atoms with Crippen molar-refractivity contribution in [3.63, 3.8) is 0 Å². The van der Waals surface area contributed by atoms with Crippen LogP contribution in [-0.2, 0) is 0 Å². The summed E-state index contributed by atoms with van der Waals surface area (Å²) in [5.74, 6) is 2.70. The van der Waals surface area contributed by atoms with Crippen molar-refractivity contribution >= 4 is 28.3 Å². The Balaban J connectivity index is 1.46. The Hall–Kier alpha value is -3.16. The van der Waals surface area contributed by atoms with Crippen molar-refractivity contribution < 1.29 is 0 Å². The maximum atomic E-state index is 5.72. The van der Waals surface area contributed by atoms with E-state index in [0.717, 1.165) is 41.3 Å². The van der Waals surface area contributed by atoms with Crippen LogP contribution in [0, 0.1) is 5.92 Å². The van der Waals surface area contributed by atoms with Crippen molar-refractivity contribution in [2.24, 2.45) is 5.92 Å². The summed E-state index contributed by atoms with van der Waals surface area (Å²) in [7, 11) is 0. The molecule has 0 saturated heterocycles. The van der Waals surface area contributed by atoms with Gasteiger partial charge in [0.1, 0.15) is 11.6 Å². The number of H-pyrrole nitrogens is 1. The molecule has 8 heteroatoms. The maximum Gasteiger partial charge on any atom is 0.179 e. The summed E-state index contributed by atoms with van der Waals surface area (Å²) in [6.07, 6.45) is 7.40. The molecular weight excluding hydrogens is 328 g/mol. The van der Waals surface area contributed by atoms with Gasteiger partial charge in [-0.15, -0.1) is 10.2 Å². The van der Waals surface area contributed by atoms with E-state index >= 15 is 0 Å². The molecule has 4 heterocycles. The Bertz CT molecular complexity index is 1060. The van der Waals surface area contributed by atoms with E-state index in [1.807, 2.05) is 24.4 Å². The molecule has 0 amide bonds. The van der Waals surface area contributed by atoms with Crippen molar-refractivity contribution in [1.82, 2.24) is 29.5 Å². The Labute approximate surface area is 149 Å². The summed E-state index contributed by atoms with van der Waals surface area (Å²) in [6, 6.07) is 6.17. The SMILES string of the molecule is C[C@@H]1C[C@H](Nc2ccc(N)cn2)C[C@@H]1c1nnc2cnc3[nH]ccc3n12. The average Bonchev–Trinajstić information content (AvgIpc) is 3.34. The van der Waals surface area contributed by atoms with Crippen LogP contribution < -0.4 is 11.1 Å². The summed E-state index contributed by atoms with van der Waals surface area (Å²) in [5, 5.41) is 12.4. The molecule has 1 aliphatic carbocycles. The van der Waals surface area contributed by atoms with E-state index in [4.69, 9.17) is 5.73 Å². The number of anilines is 2. The molecule has 0 unspecified atom stereocenters. The van der Waals surface area contributed by atoms with E-state index in [1.165, 1.54) is 0 Å². The maximum absolute atomic E-state index is 5.72. The number of aromatic nitrogens is 6. The zero-order chi connectivity index (χ0) is 17.7. The Kier molecular flexibility index (Phi) is 3.31. The minimum absolute atomic E-state index is 0.330. The van der Waals surface area contributed by atoms with E-state index in [1.54, 1.807) is 12.4 Å². The Morgan fingerprint density at radius 3 is 2.92 bits per heavy atom. The highest BCUT2D eigenvalue weighted by Crippen LogP contribution is 2.40. The van der Waals surface area contributed by atoms with Gasteiger partial charge in [0, 0.05) is 18.2 Å². The van der Waals surface area contributed by atoms with Crippen LogP contribution in [0.15, 0.2) is 36.8 Å². The summed E-state index contributed by atoms with van der Waals surface area (Å²) in [6.45, 7) is 2.28. The molecule has 4 aromatic heterocycles. The molecule has 0 spiro atoms. The second-order valence-electron chi connectivity index (χ2n) is 7.09. The molecular formula is C18H20N8. The van der Waals surface area contributed by atoms with Gasteiger partial charge in [0.05, 0.1) is 23.6 Å². The number of nitrogen functional groups attached to an aromatic ring is 1. The van der Waals surface area contributed by atoms with Gasteiger partial charge in [-0.3, -0.25) is 4.40 Å². The van der Waals surface area contributed by atoms with Crippen LogP contribution in [0.3, 0.4) is 0 Å². The molecule has 4 N–H and O–H groups in total. The molecule has 0 bridgehead atoms. The molecule has 0 aliphatic heterocycles. The summed E-state index contributed by atoms with van der Waals surface area (Å²) in [5.41, 5.74) is 9.05. The number of nitrogens with one attached hydrogen (secondary N) is 2. The highest BCUT2D eigenvalue weighted by Gasteiger charge is 2.35. The Morgan fingerprint density at radius 1 is 1.15 bits per heavy atom. The van der Waals surface area contributed by atoms with E-state index < -0.39 is 0 Å². The fraction of sp³-hybridized carbons (Fsp3) is 0.333. The van der Waals surface area contributed by atoms with Crippen molar-refractivity contribution in [2.75, 3.05) is 11.1 Å². The van der Waals surface area contributed by atoms with Gasteiger partial charge in [-0.25, -0.2) is 9.97 Å². The first-order valence-electron chi connectivity index (χ1n) is 8.84. The zero-order valence-corrected chi connectivity index (χ0v) is 14.4. The van der Waals surface area contributed by atoms with Crippen molar-refractivity contribution in [3.8, 4) is 0 Å². The summed E-state index contributed by atoms with van der Waals surface area (Å²) >= 11 is 0. The second-order valence-corrected chi connectivity index (χ2v) is 7.09. The van der Waals surface area contributed by atoms with Gasteiger partial charge in [0.25, 0.3) is 0 Å². The second kappa shape index (κ2) is 5.69. The third-order valence-corrected chi connectivity index (χ3v) is 5.32. The van der Waals surface area contributed by atoms with Crippen LogP contribution in [0.1, 0.15) is 31.5 Å². The number of nitrogens with zero attached hydrogens (tertiary/aromatic N) is 5. The quantitative estimate of drug-likeness (QED) is 0.525. The number of hydrogen-bond donors (Lipinski definition) is 3. The molecule has 26 heavy (non-hydrogen) atoms. The van der Waals surface area contributed by atoms with Gasteiger partial charge < -0.3 is 16.0 Å². The third-order valence-electron chi connectivity index (χ3n) is 5.32. The minimum Gasteiger partial charge on any atom is -0.397 e. The third kappa shape index (κ3) is 2.37. The van der Waals surface area contributed by atoms with E-state index in [9.17, 15) is 0 Å². The lowest BCUT2D eigenvalue weighted by atomic mass is 9.97. The van der Waals surface area contributed by atoms with E-state index in [0.29, 0.717) is 23.6 Å². The predicted octanol–water partition coefficient (Wildman–Crippen LogP) is 2.58. The summed E-state index contributed by atoms with van der Waals surface area (Å²) < 4.78 is 2.13. The van der Waals surface area contributed by atoms with Crippen LogP contribution in [0.5, 0.6) is 0 Å². The molecule has 4 aromatic rings. The van der Waals surface area contributed by atoms with Crippen LogP contribution in [0.2, 0.25) is 0 Å². The van der Waals surface area contributed by atoms with Crippen LogP contribution in [0.25, 0.3) is 16.8 Å². The van der Waals surface area contributed by atoms with Gasteiger partial charge >= 0.3 is 0 Å². The lowest BCUT2D eigenvalue weighted by Crippen LogP contribution is -2.16. The molecule has 3 atom stereocenters. The van der Waals surface area contributed by atoms with Crippen LogP contribution in [0.4, 0.5) is 11.5 Å². The number of rotatable bonds is 3. The smallest absolute Gasteiger partial charge is 0.179 e. The minimum atomic E-state index is 0.330. The van der Waals surface area contributed by atoms with E-state index in [2.05, 4.69) is 41.8 Å². The monoisotopic (exact) mass is 348 g/mol. The zero-order valence-electron chi connectivity index (χ0n) is 14.4. The van der Waals surface area contributed by atoms with Crippen LogP contribution in [-0.4, -0.2) is 35.6 Å². The highest BCUT2D eigenvalue weighted by atomic mass is 15.3. The lowest BCUT2D eigenvalue weighted by Gasteiger charge is -2.14. The van der Waals surface area contributed by atoms with Crippen molar-refractivity contribution in [2.45, 2.75) is 31.7 Å². The van der Waals surface area contributed by atoms with E-state index in [-0.39, 0.29) is 0 Å². The molecule has 0 aromatic carbocycles. The lowest BCUT2D eigenvalue weighted by molar-refractivity contribution is 0.507. The molecule has 0 radical (unpaired) electrons. The molecule has 8 nitrogen and oxygen atoms in total. The fourth-order valence-corrected chi connectivity index (χ4v) is 4.06. The first kappa shape index (κ1) is 15.1. The Morgan fingerprint density at radius 2 is 2.08 bits per heavy atom. The largest absolute Gasteiger partial charge is 0.397 e. The molecule has 1 fully saturated rings. The van der Waals surface area contributed by atoms with Crippen molar-refractivity contribution in [1.29, 1.82) is 0 Å². The number of hydrogen-bond acceptors (Lipinski definition) is 6. The standard InChI is InChI=1S/C18H20N8/c1-10-6-12(23-15-3-2-11(19)8-21-15)7-13(10)18-25-24-16-9-22-17-14(26(16)18)4-5-20-17/h2-5,8-10,12-13,20H,6-7,19H2,1H3,(H,21,23)/t10-,12+,13+/m1/s1. The van der Waals surface area contributed by atoms with Gasteiger partial charge in [-0.2, -0.15) is 0 Å². The van der Waals surface area contributed by atoms with Gasteiger partial charge in [-0.05, 0) is 37.0 Å². The van der Waals surface area contributed by atoms with Crippen LogP contribution >= 0.6 is 0 Å². The summed E-state index contributed by atoms with van der Waals surface area (Å²) in [4.78, 5) is 11.9. The molecule has 132 valence electrons. The molecule has 1 saturated carbocycles. The normalized spacial score (nSPS) is 23.0. The molecule has 1 aliphatic rings. The average molecular weight is 348 g/mol. The van der Waals surface area contributed by atoms with Crippen molar-refractivity contribution in [3.05, 3.63) is 42.6 Å². The fourth-order valence-electron chi connectivity index (χ4n) is 4.06. The molecule has 5 rings (SSSR count). The highest BCUT2D eigenvalue weighted by molar-refractivity contribution is 5.74. The predicted molar refractivity (Wildman–Crippen MR) is 99.8 cm³/mol. The number of nitrogens with two attached hydrogens (primary N) is 1. The number of pyridine rings is 1. The number of aromatic amines is 1.